The van der Waals surface area contributed by atoms with E-state index in [9.17, 15) is 9.18 Å². The van der Waals surface area contributed by atoms with Crippen molar-refractivity contribution in [1.29, 1.82) is 0 Å². The molecule has 1 aromatic heterocycles. The first kappa shape index (κ1) is 12.4. The van der Waals surface area contributed by atoms with Crippen molar-refractivity contribution in [2.45, 2.75) is 6.54 Å². The average Bonchev–Trinajstić information content (AvgIpc) is 2.36. The van der Waals surface area contributed by atoms with E-state index >= 15 is 0 Å². The van der Waals surface area contributed by atoms with Gasteiger partial charge >= 0.3 is 0 Å². The summed E-state index contributed by atoms with van der Waals surface area (Å²) in [5.74, 6) is -0.293. The fourth-order valence-corrected chi connectivity index (χ4v) is 1.75. The predicted octanol–water partition coefficient (Wildman–Crippen LogP) is 1.31. The largest absolute Gasteiger partial charge is 0.315 e. The third kappa shape index (κ3) is 2.46. The van der Waals surface area contributed by atoms with Crippen LogP contribution < -0.4 is 10.9 Å². The first-order valence-electron chi connectivity index (χ1n) is 5.59. The van der Waals surface area contributed by atoms with Gasteiger partial charge in [-0.25, -0.2) is 9.07 Å². The van der Waals surface area contributed by atoms with E-state index in [1.54, 1.807) is 32.3 Å². The van der Waals surface area contributed by atoms with Crippen LogP contribution in [0.15, 0.2) is 35.1 Å². The molecule has 0 fully saturated rings. The summed E-state index contributed by atoms with van der Waals surface area (Å²) >= 11 is 0. The molecule has 0 bridgehead atoms. The Labute approximate surface area is 104 Å². The van der Waals surface area contributed by atoms with Crippen molar-refractivity contribution < 1.29 is 4.39 Å². The molecule has 2 rings (SSSR count). The van der Waals surface area contributed by atoms with E-state index in [0.29, 0.717) is 17.8 Å². The van der Waals surface area contributed by atoms with Gasteiger partial charge < -0.3 is 5.32 Å². The summed E-state index contributed by atoms with van der Waals surface area (Å²) in [6.45, 7) is 0.476. The lowest BCUT2D eigenvalue weighted by Crippen LogP contribution is -2.26. The highest BCUT2D eigenvalue weighted by Crippen LogP contribution is 2.16. The monoisotopic (exact) mass is 247 g/mol. The standard InChI is InChI=1S/C13H14FN3O/c1-15-8-10-7-12(16-17(2)13(10)18)9-3-5-11(14)6-4-9/h3-7,15H,8H2,1-2H3. The Morgan fingerprint density at radius 3 is 2.61 bits per heavy atom. The molecule has 94 valence electrons. The molecule has 0 atom stereocenters. The van der Waals surface area contributed by atoms with Gasteiger partial charge in [-0.05, 0) is 37.4 Å². The summed E-state index contributed by atoms with van der Waals surface area (Å²) in [6, 6.07) is 7.77. The van der Waals surface area contributed by atoms with Crippen LogP contribution in [0.2, 0.25) is 0 Å². The minimum absolute atomic E-state index is 0.129. The lowest BCUT2D eigenvalue weighted by atomic mass is 10.1. The molecule has 4 nitrogen and oxygen atoms in total. The van der Waals surface area contributed by atoms with Gasteiger partial charge in [-0.3, -0.25) is 4.79 Å². The fourth-order valence-electron chi connectivity index (χ4n) is 1.75. The number of halogens is 1. The fraction of sp³-hybridized carbons (Fsp3) is 0.231. The molecule has 18 heavy (non-hydrogen) atoms. The Morgan fingerprint density at radius 1 is 1.33 bits per heavy atom. The Morgan fingerprint density at radius 2 is 2.00 bits per heavy atom. The van der Waals surface area contributed by atoms with Crippen molar-refractivity contribution in [3.8, 4) is 11.3 Å². The Balaban J connectivity index is 2.51. The van der Waals surface area contributed by atoms with Crippen molar-refractivity contribution in [3.63, 3.8) is 0 Å². The Kier molecular flexibility index (Phi) is 3.53. The average molecular weight is 247 g/mol. The molecule has 0 aliphatic heterocycles. The summed E-state index contributed by atoms with van der Waals surface area (Å²) in [4.78, 5) is 11.8. The molecule has 0 aliphatic carbocycles. The van der Waals surface area contributed by atoms with Gasteiger partial charge in [-0.2, -0.15) is 5.10 Å². The van der Waals surface area contributed by atoms with Crippen LogP contribution in [-0.4, -0.2) is 16.8 Å². The van der Waals surface area contributed by atoms with Gasteiger partial charge in [0, 0.05) is 24.7 Å². The molecule has 0 saturated carbocycles. The van der Waals surface area contributed by atoms with Crippen molar-refractivity contribution in [2.75, 3.05) is 7.05 Å². The number of hydrogen-bond donors (Lipinski definition) is 1. The van der Waals surface area contributed by atoms with Gasteiger partial charge in [0.25, 0.3) is 5.56 Å². The van der Waals surface area contributed by atoms with E-state index in [-0.39, 0.29) is 11.4 Å². The number of rotatable bonds is 3. The van der Waals surface area contributed by atoms with Crippen LogP contribution >= 0.6 is 0 Å². The number of benzene rings is 1. The van der Waals surface area contributed by atoms with Crippen molar-refractivity contribution >= 4 is 0 Å². The highest BCUT2D eigenvalue weighted by Gasteiger charge is 2.07. The quantitative estimate of drug-likeness (QED) is 0.889. The van der Waals surface area contributed by atoms with Gasteiger partial charge in [0.05, 0.1) is 5.69 Å². The van der Waals surface area contributed by atoms with Gasteiger partial charge in [-0.1, -0.05) is 0 Å². The highest BCUT2D eigenvalue weighted by atomic mass is 19.1. The molecule has 0 radical (unpaired) electrons. The van der Waals surface area contributed by atoms with E-state index in [2.05, 4.69) is 10.4 Å². The van der Waals surface area contributed by atoms with Crippen LogP contribution in [0.3, 0.4) is 0 Å². The lowest BCUT2D eigenvalue weighted by Gasteiger charge is -2.07. The van der Waals surface area contributed by atoms with E-state index < -0.39 is 0 Å². The molecule has 5 heteroatoms. The topological polar surface area (TPSA) is 46.9 Å². The van der Waals surface area contributed by atoms with Crippen molar-refractivity contribution in [1.82, 2.24) is 15.1 Å². The zero-order valence-electron chi connectivity index (χ0n) is 10.3. The molecule has 0 unspecified atom stereocenters. The van der Waals surface area contributed by atoms with E-state index in [1.807, 2.05) is 0 Å². The van der Waals surface area contributed by atoms with Gasteiger partial charge in [0.2, 0.25) is 0 Å². The van der Waals surface area contributed by atoms with E-state index in [0.717, 1.165) is 5.56 Å². The van der Waals surface area contributed by atoms with Crippen molar-refractivity contribution in [3.05, 3.63) is 52.1 Å². The number of hydrogen-bond acceptors (Lipinski definition) is 3. The Bertz CT molecular complexity index is 605. The minimum Gasteiger partial charge on any atom is -0.315 e. The summed E-state index contributed by atoms with van der Waals surface area (Å²) in [7, 11) is 3.38. The number of aryl methyl sites for hydroxylation is 1. The van der Waals surface area contributed by atoms with Gasteiger partial charge in [0.1, 0.15) is 5.82 Å². The molecular weight excluding hydrogens is 233 g/mol. The molecule has 1 N–H and O–H groups in total. The summed E-state index contributed by atoms with van der Waals surface area (Å²) in [5, 5.41) is 7.11. The molecule has 0 spiro atoms. The first-order chi connectivity index (χ1) is 8.61. The summed E-state index contributed by atoms with van der Waals surface area (Å²) < 4.78 is 14.2. The predicted molar refractivity (Wildman–Crippen MR) is 67.6 cm³/mol. The zero-order valence-corrected chi connectivity index (χ0v) is 10.3. The molecule has 0 amide bonds. The SMILES string of the molecule is CNCc1cc(-c2ccc(F)cc2)nn(C)c1=O. The van der Waals surface area contributed by atoms with E-state index in [4.69, 9.17) is 0 Å². The first-order valence-corrected chi connectivity index (χ1v) is 5.59. The van der Waals surface area contributed by atoms with Gasteiger partial charge in [-0.15, -0.1) is 0 Å². The smallest absolute Gasteiger partial charge is 0.271 e. The maximum atomic E-state index is 12.9. The molecule has 1 aromatic carbocycles. The molecule has 0 saturated heterocycles. The van der Waals surface area contributed by atoms with Crippen LogP contribution in [0.1, 0.15) is 5.56 Å². The van der Waals surface area contributed by atoms with Crippen LogP contribution in [0.5, 0.6) is 0 Å². The summed E-state index contributed by atoms with van der Waals surface area (Å²) in [5.41, 5.74) is 1.94. The third-order valence-corrected chi connectivity index (χ3v) is 2.64. The minimum atomic E-state index is -0.293. The number of nitrogens with zero attached hydrogens (tertiary/aromatic N) is 2. The second-order valence-electron chi connectivity index (χ2n) is 4.02. The number of aromatic nitrogens is 2. The maximum absolute atomic E-state index is 12.9. The number of nitrogens with one attached hydrogen (secondary N) is 1. The van der Waals surface area contributed by atoms with Gasteiger partial charge in [0.15, 0.2) is 0 Å². The molecule has 0 aliphatic rings. The molecular formula is C13H14FN3O. The molecule has 1 heterocycles. The van der Waals surface area contributed by atoms with Crippen LogP contribution in [0.4, 0.5) is 4.39 Å². The van der Waals surface area contributed by atoms with Crippen LogP contribution in [0.25, 0.3) is 11.3 Å². The highest BCUT2D eigenvalue weighted by molar-refractivity contribution is 5.58. The zero-order chi connectivity index (χ0) is 13.1. The second-order valence-corrected chi connectivity index (χ2v) is 4.02. The Hall–Kier alpha value is -2.01. The lowest BCUT2D eigenvalue weighted by molar-refractivity contribution is 0.628. The second kappa shape index (κ2) is 5.10. The summed E-state index contributed by atoms with van der Waals surface area (Å²) in [6.07, 6.45) is 0. The third-order valence-electron chi connectivity index (χ3n) is 2.64. The van der Waals surface area contributed by atoms with E-state index in [1.165, 1.54) is 16.8 Å². The van der Waals surface area contributed by atoms with Crippen LogP contribution in [-0.2, 0) is 13.6 Å². The van der Waals surface area contributed by atoms with Crippen LogP contribution in [0, 0.1) is 5.82 Å². The maximum Gasteiger partial charge on any atom is 0.271 e. The van der Waals surface area contributed by atoms with Crippen molar-refractivity contribution in [2.24, 2.45) is 7.05 Å². The normalized spacial score (nSPS) is 10.6. The molecule has 2 aromatic rings.